The Morgan fingerprint density at radius 1 is 1.06 bits per heavy atom. The van der Waals surface area contributed by atoms with Crippen LogP contribution < -0.4 is 9.52 Å². The molecule has 9 heteroatoms. The molecule has 0 bridgehead atoms. The Morgan fingerprint density at radius 3 is 2.42 bits per heavy atom. The Hall–Kier alpha value is -3.30. The van der Waals surface area contributed by atoms with Crippen LogP contribution in [0.15, 0.2) is 70.6 Å². The SMILES string of the molecule is CCn1c(=NC(=O)c2ccccc2NS(=O)(=O)c2ccc(F)cc2)sc2cc(C)c(C)cc21. The predicted octanol–water partition coefficient (Wildman–Crippen LogP) is 5.02. The zero-order valence-electron chi connectivity index (χ0n) is 18.3. The van der Waals surface area contributed by atoms with Crippen molar-refractivity contribution in [3.8, 4) is 0 Å². The Kier molecular flexibility index (Phi) is 6.18. The Labute approximate surface area is 195 Å². The highest BCUT2D eigenvalue weighted by Crippen LogP contribution is 2.23. The number of anilines is 1. The quantitative estimate of drug-likeness (QED) is 0.433. The largest absolute Gasteiger partial charge is 0.317 e. The molecule has 0 aliphatic heterocycles. The molecule has 6 nitrogen and oxygen atoms in total. The number of hydrogen-bond donors (Lipinski definition) is 1. The van der Waals surface area contributed by atoms with Gasteiger partial charge in [0.15, 0.2) is 4.80 Å². The van der Waals surface area contributed by atoms with Gasteiger partial charge < -0.3 is 4.57 Å². The first-order valence-electron chi connectivity index (χ1n) is 10.3. The number of halogens is 1. The van der Waals surface area contributed by atoms with E-state index in [1.54, 1.807) is 12.1 Å². The van der Waals surface area contributed by atoms with Gasteiger partial charge in [-0.2, -0.15) is 4.99 Å². The molecule has 1 N–H and O–H groups in total. The van der Waals surface area contributed by atoms with Crippen molar-refractivity contribution in [2.45, 2.75) is 32.2 Å². The average Bonchev–Trinajstić information content (AvgIpc) is 3.10. The van der Waals surface area contributed by atoms with Gasteiger partial charge in [0.1, 0.15) is 5.82 Å². The Balaban J connectivity index is 1.75. The number of carbonyl (C=O) groups excluding carboxylic acids is 1. The summed E-state index contributed by atoms with van der Waals surface area (Å²) in [5, 5.41) is 0. The van der Waals surface area contributed by atoms with Crippen LogP contribution in [0.5, 0.6) is 0 Å². The lowest BCUT2D eigenvalue weighted by molar-refractivity contribution is 0.0998. The van der Waals surface area contributed by atoms with Crippen LogP contribution in [0.1, 0.15) is 28.4 Å². The fraction of sp³-hybridized carbons (Fsp3) is 0.167. The maximum atomic E-state index is 13.2. The summed E-state index contributed by atoms with van der Waals surface area (Å²) in [6.45, 7) is 6.69. The van der Waals surface area contributed by atoms with Crippen molar-refractivity contribution in [2.75, 3.05) is 4.72 Å². The molecule has 0 atom stereocenters. The van der Waals surface area contributed by atoms with E-state index in [-0.39, 0.29) is 16.1 Å². The van der Waals surface area contributed by atoms with Gasteiger partial charge in [0.2, 0.25) is 0 Å². The molecule has 0 saturated carbocycles. The number of aryl methyl sites for hydroxylation is 3. The molecule has 3 aromatic carbocycles. The molecule has 0 radical (unpaired) electrons. The van der Waals surface area contributed by atoms with Gasteiger partial charge in [-0.25, -0.2) is 12.8 Å². The number of nitrogens with zero attached hydrogens (tertiary/aromatic N) is 2. The molecule has 0 unspecified atom stereocenters. The van der Waals surface area contributed by atoms with Gasteiger partial charge in [0, 0.05) is 6.54 Å². The van der Waals surface area contributed by atoms with Crippen molar-refractivity contribution in [3.05, 3.63) is 88.0 Å². The summed E-state index contributed by atoms with van der Waals surface area (Å²) < 4.78 is 44.1. The maximum absolute atomic E-state index is 13.2. The van der Waals surface area contributed by atoms with Crippen molar-refractivity contribution in [1.82, 2.24) is 4.57 Å². The molecule has 1 heterocycles. The molecule has 33 heavy (non-hydrogen) atoms. The molecular formula is C24H22FN3O3S2. The van der Waals surface area contributed by atoms with Gasteiger partial charge >= 0.3 is 0 Å². The third-order valence-corrected chi connectivity index (χ3v) is 7.76. The third-order valence-electron chi connectivity index (χ3n) is 5.34. The third kappa shape index (κ3) is 4.60. The van der Waals surface area contributed by atoms with E-state index >= 15 is 0 Å². The summed E-state index contributed by atoms with van der Waals surface area (Å²) in [6.07, 6.45) is 0. The molecule has 0 saturated heterocycles. The number of nitrogens with one attached hydrogen (secondary N) is 1. The van der Waals surface area contributed by atoms with Crippen LogP contribution in [0, 0.1) is 19.7 Å². The van der Waals surface area contributed by atoms with E-state index in [0.29, 0.717) is 11.3 Å². The molecule has 4 aromatic rings. The molecule has 0 aliphatic carbocycles. The molecule has 1 amide bonds. The lowest BCUT2D eigenvalue weighted by atomic mass is 10.1. The fourth-order valence-corrected chi connectivity index (χ4v) is 5.69. The minimum atomic E-state index is -4.01. The minimum Gasteiger partial charge on any atom is -0.317 e. The zero-order valence-corrected chi connectivity index (χ0v) is 19.9. The van der Waals surface area contributed by atoms with E-state index in [0.717, 1.165) is 45.6 Å². The summed E-state index contributed by atoms with van der Waals surface area (Å²) in [7, 11) is -4.01. The number of para-hydroxylation sites is 1. The predicted molar refractivity (Wildman–Crippen MR) is 129 cm³/mol. The van der Waals surface area contributed by atoms with Crippen molar-refractivity contribution in [3.63, 3.8) is 0 Å². The van der Waals surface area contributed by atoms with Crippen molar-refractivity contribution < 1.29 is 17.6 Å². The second kappa shape index (κ2) is 8.92. The van der Waals surface area contributed by atoms with E-state index in [1.807, 2.05) is 25.3 Å². The number of hydrogen-bond acceptors (Lipinski definition) is 4. The zero-order chi connectivity index (χ0) is 23.8. The van der Waals surface area contributed by atoms with Gasteiger partial charge in [-0.15, -0.1) is 0 Å². The van der Waals surface area contributed by atoms with Crippen LogP contribution in [0.4, 0.5) is 10.1 Å². The number of amides is 1. The summed E-state index contributed by atoms with van der Waals surface area (Å²) >= 11 is 1.41. The topological polar surface area (TPSA) is 80.5 Å². The van der Waals surface area contributed by atoms with Gasteiger partial charge in [-0.05, 0) is 80.4 Å². The van der Waals surface area contributed by atoms with Gasteiger partial charge in [-0.1, -0.05) is 23.5 Å². The van der Waals surface area contributed by atoms with Crippen LogP contribution in [-0.4, -0.2) is 18.9 Å². The summed E-state index contributed by atoms with van der Waals surface area (Å²) in [5.41, 5.74) is 3.54. The first kappa shape index (κ1) is 22.9. The van der Waals surface area contributed by atoms with E-state index < -0.39 is 21.7 Å². The highest BCUT2D eigenvalue weighted by atomic mass is 32.2. The Morgan fingerprint density at radius 2 is 1.73 bits per heavy atom. The van der Waals surface area contributed by atoms with Crippen LogP contribution in [0.2, 0.25) is 0 Å². The number of aromatic nitrogens is 1. The monoisotopic (exact) mass is 483 g/mol. The number of benzene rings is 3. The first-order chi connectivity index (χ1) is 15.7. The molecular weight excluding hydrogens is 461 g/mol. The molecule has 4 rings (SSSR count). The summed E-state index contributed by atoms with van der Waals surface area (Å²) in [4.78, 5) is 17.9. The second-order valence-electron chi connectivity index (χ2n) is 7.56. The first-order valence-corrected chi connectivity index (χ1v) is 12.6. The number of thiazole rings is 1. The highest BCUT2D eigenvalue weighted by Gasteiger charge is 2.19. The lowest BCUT2D eigenvalue weighted by Gasteiger charge is -2.11. The molecule has 0 spiro atoms. The summed E-state index contributed by atoms with van der Waals surface area (Å²) in [5.74, 6) is -1.10. The van der Waals surface area contributed by atoms with Crippen LogP contribution in [-0.2, 0) is 16.6 Å². The van der Waals surface area contributed by atoms with Crippen molar-refractivity contribution >= 4 is 43.2 Å². The lowest BCUT2D eigenvalue weighted by Crippen LogP contribution is -2.18. The van der Waals surface area contributed by atoms with E-state index in [9.17, 15) is 17.6 Å². The molecule has 1 aromatic heterocycles. The number of sulfonamides is 1. The number of carbonyl (C=O) groups is 1. The smallest absolute Gasteiger partial charge is 0.281 e. The van der Waals surface area contributed by atoms with Crippen molar-refractivity contribution in [2.24, 2.45) is 4.99 Å². The van der Waals surface area contributed by atoms with Crippen LogP contribution in [0.3, 0.4) is 0 Å². The standard InChI is InChI=1S/C24H22FN3O3S2/c1-4-28-21-13-15(2)16(3)14-22(21)32-24(28)26-23(29)19-7-5-6-8-20(19)27-33(30,31)18-11-9-17(25)10-12-18/h5-14,27H,4H2,1-3H3. The van der Waals surface area contributed by atoms with E-state index in [4.69, 9.17) is 0 Å². The molecule has 170 valence electrons. The molecule has 0 fully saturated rings. The Bertz CT molecular complexity index is 1540. The van der Waals surface area contributed by atoms with Gasteiger partial charge in [0.25, 0.3) is 15.9 Å². The second-order valence-corrected chi connectivity index (χ2v) is 10.2. The molecule has 0 aliphatic rings. The average molecular weight is 484 g/mol. The van der Waals surface area contributed by atoms with Gasteiger partial charge in [-0.3, -0.25) is 9.52 Å². The normalized spacial score (nSPS) is 12.3. The number of rotatable bonds is 5. The maximum Gasteiger partial charge on any atom is 0.281 e. The van der Waals surface area contributed by atoms with Crippen molar-refractivity contribution in [1.29, 1.82) is 0 Å². The van der Waals surface area contributed by atoms with Crippen LogP contribution >= 0.6 is 11.3 Å². The van der Waals surface area contributed by atoms with E-state index in [1.165, 1.54) is 23.5 Å². The minimum absolute atomic E-state index is 0.103. The fourth-order valence-electron chi connectivity index (χ4n) is 3.44. The number of fused-ring (bicyclic) bond motifs is 1. The van der Waals surface area contributed by atoms with Crippen LogP contribution in [0.25, 0.3) is 10.2 Å². The van der Waals surface area contributed by atoms with Gasteiger partial charge in [0.05, 0.1) is 26.4 Å². The van der Waals surface area contributed by atoms with E-state index in [2.05, 4.69) is 21.8 Å². The highest BCUT2D eigenvalue weighted by molar-refractivity contribution is 7.92. The summed E-state index contributed by atoms with van der Waals surface area (Å²) in [6, 6.07) is 14.9.